The molecule has 1 aliphatic heterocycles. The van der Waals surface area contributed by atoms with E-state index in [9.17, 15) is 13.5 Å². The summed E-state index contributed by atoms with van der Waals surface area (Å²) in [5, 5.41) is 16.4. The van der Waals surface area contributed by atoms with Gasteiger partial charge in [-0.3, -0.25) is 5.43 Å². The zero-order chi connectivity index (χ0) is 27.2. The maximum Gasteiger partial charge on any atom is 0.243 e. The van der Waals surface area contributed by atoms with Crippen LogP contribution in [0.25, 0.3) is 11.3 Å². The molecular weight excluding hydrogens is 532 g/mol. The van der Waals surface area contributed by atoms with Gasteiger partial charge in [0.1, 0.15) is 0 Å². The molecule has 3 aromatic carbocycles. The van der Waals surface area contributed by atoms with Crippen molar-refractivity contribution >= 4 is 32.7 Å². The molecule has 1 aromatic heterocycles. The molecule has 0 bridgehead atoms. The Morgan fingerprint density at radius 1 is 1.10 bits per heavy atom. The zero-order valence-electron chi connectivity index (χ0n) is 21.5. The Hall–Kier alpha value is -3.73. The van der Waals surface area contributed by atoms with Crippen molar-refractivity contribution in [3.63, 3.8) is 0 Å². The topological polar surface area (TPSA) is 104 Å². The van der Waals surface area contributed by atoms with E-state index < -0.39 is 10.0 Å². The highest BCUT2D eigenvalue weighted by Gasteiger charge is 2.29. The maximum atomic E-state index is 13.3. The molecule has 5 rings (SSSR count). The fourth-order valence-corrected chi connectivity index (χ4v) is 6.78. The Bertz CT molecular complexity index is 1530. The molecule has 0 saturated carbocycles. The van der Waals surface area contributed by atoms with Gasteiger partial charge in [-0.15, -0.1) is 11.3 Å². The average Bonchev–Trinajstić information content (AvgIpc) is 3.44. The van der Waals surface area contributed by atoms with E-state index in [4.69, 9.17) is 4.74 Å². The predicted molar refractivity (Wildman–Crippen MR) is 155 cm³/mol. The summed E-state index contributed by atoms with van der Waals surface area (Å²) in [5.41, 5.74) is 6.52. The molecule has 202 valence electrons. The summed E-state index contributed by atoms with van der Waals surface area (Å²) < 4.78 is 33.2. The second-order valence-electron chi connectivity index (χ2n) is 9.40. The van der Waals surface area contributed by atoms with Gasteiger partial charge >= 0.3 is 0 Å². The van der Waals surface area contributed by atoms with Crippen molar-refractivity contribution in [1.29, 1.82) is 0 Å². The molecule has 1 fully saturated rings. The molecule has 1 aliphatic rings. The van der Waals surface area contributed by atoms with Crippen molar-refractivity contribution in [2.24, 2.45) is 11.0 Å². The van der Waals surface area contributed by atoms with Crippen molar-refractivity contribution in [2.75, 3.05) is 25.6 Å². The number of phenolic OH excluding ortho intramolecular Hbond substituents is 1. The van der Waals surface area contributed by atoms with Crippen molar-refractivity contribution in [3.05, 3.63) is 89.3 Å². The number of aromatic hydroxyl groups is 1. The van der Waals surface area contributed by atoms with Crippen LogP contribution in [0.5, 0.6) is 11.5 Å². The number of piperidine rings is 1. The molecule has 8 nitrogen and oxygen atoms in total. The van der Waals surface area contributed by atoms with Crippen molar-refractivity contribution in [1.82, 2.24) is 9.29 Å². The largest absolute Gasteiger partial charge is 0.504 e. The van der Waals surface area contributed by atoms with Crippen LogP contribution >= 0.6 is 11.3 Å². The number of methoxy groups -OCH3 is 1. The zero-order valence-corrected chi connectivity index (χ0v) is 23.2. The van der Waals surface area contributed by atoms with Crippen molar-refractivity contribution in [3.8, 4) is 22.8 Å². The monoisotopic (exact) mass is 562 g/mol. The minimum absolute atomic E-state index is 0.0643. The minimum atomic E-state index is -3.54. The lowest BCUT2D eigenvalue weighted by atomic mass is 9.91. The number of phenols is 1. The Labute approximate surface area is 232 Å². The number of sulfonamides is 1. The van der Waals surface area contributed by atoms with Gasteiger partial charge in [-0.25, -0.2) is 13.4 Å². The van der Waals surface area contributed by atoms with E-state index in [-0.39, 0.29) is 5.75 Å². The molecule has 2 heterocycles. The number of hydrogen-bond donors (Lipinski definition) is 2. The van der Waals surface area contributed by atoms with E-state index in [1.54, 1.807) is 53.0 Å². The summed E-state index contributed by atoms with van der Waals surface area (Å²) in [4.78, 5) is 4.85. The first kappa shape index (κ1) is 26.9. The number of hydrazone groups is 1. The molecule has 10 heteroatoms. The summed E-state index contributed by atoms with van der Waals surface area (Å²) in [6.07, 6.45) is 4.32. The second-order valence-corrected chi connectivity index (χ2v) is 12.2. The van der Waals surface area contributed by atoms with Crippen LogP contribution in [0, 0.1) is 5.92 Å². The van der Waals surface area contributed by atoms with E-state index in [0.29, 0.717) is 34.8 Å². The SMILES string of the molecule is COc1cc(/C=N/Nc2nc(-c3ccc(S(=O)(=O)N4CCC(Cc5ccccc5)CC4)cc3)cs2)ccc1O. The third kappa shape index (κ3) is 6.47. The quantitative estimate of drug-likeness (QED) is 0.203. The summed E-state index contributed by atoms with van der Waals surface area (Å²) >= 11 is 1.40. The lowest BCUT2D eigenvalue weighted by Crippen LogP contribution is -2.38. The standard InChI is InChI=1S/C29H30N4O4S2/c1-37-28-18-23(7-12-27(28)34)19-30-32-29-31-26(20-38-29)24-8-10-25(11-9-24)39(35,36)33-15-13-22(14-16-33)17-21-5-3-2-4-6-21/h2-12,18-20,22,34H,13-17H2,1H3,(H,31,32)/b30-19+. The van der Waals surface area contributed by atoms with E-state index >= 15 is 0 Å². The van der Waals surface area contributed by atoms with Gasteiger partial charge < -0.3 is 9.84 Å². The van der Waals surface area contributed by atoms with Crippen LogP contribution < -0.4 is 10.2 Å². The van der Waals surface area contributed by atoms with Gasteiger partial charge in [-0.1, -0.05) is 42.5 Å². The third-order valence-corrected chi connectivity index (χ3v) is 9.47. The number of nitrogens with zero attached hydrogens (tertiary/aromatic N) is 3. The molecule has 0 radical (unpaired) electrons. The Balaban J connectivity index is 1.18. The number of nitrogens with one attached hydrogen (secondary N) is 1. The molecule has 0 amide bonds. The summed E-state index contributed by atoms with van der Waals surface area (Å²) in [5.74, 6) is 0.935. The highest BCUT2D eigenvalue weighted by Crippen LogP contribution is 2.29. The molecule has 0 atom stereocenters. The summed E-state index contributed by atoms with van der Waals surface area (Å²) in [6.45, 7) is 1.08. The molecule has 39 heavy (non-hydrogen) atoms. The van der Waals surface area contributed by atoms with Gasteiger partial charge in [0.2, 0.25) is 15.2 Å². The molecule has 2 N–H and O–H groups in total. The maximum absolute atomic E-state index is 13.3. The Morgan fingerprint density at radius 2 is 1.85 bits per heavy atom. The summed E-state index contributed by atoms with van der Waals surface area (Å²) in [6, 6.07) is 22.2. The number of benzene rings is 3. The van der Waals surface area contributed by atoms with E-state index in [2.05, 4.69) is 27.6 Å². The van der Waals surface area contributed by atoms with Crippen LogP contribution in [-0.2, 0) is 16.4 Å². The van der Waals surface area contributed by atoms with Crippen LogP contribution in [0.15, 0.2) is 88.2 Å². The number of aromatic nitrogens is 1. The van der Waals surface area contributed by atoms with Crippen LogP contribution in [0.2, 0.25) is 0 Å². The van der Waals surface area contributed by atoms with Crippen LogP contribution in [-0.4, -0.2) is 49.2 Å². The third-order valence-electron chi connectivity index (χ3n) is 6.81. The van der Waals surface area contributed by atoms with Gasteiger partial charge in [0.15, 0.2) is 11.5 Å². The van der Waals surface area contributed by atoms with Gasteiger partial charge in [-0.05, 0) is 66.6 Å². The van der Waals surface area contributed by atoms with E-state index in [1.807, 2.05) is 23.6 Å². The first-order valence-electron chi connectivity index (χ1n) is 12.7. The second kappa shape index (κ2) is 12.0. The minimum Gasteiger partial charge on any atom is -0.504 e. The Kier molecular flexibility index (Phi) is 8.25. The number of hydrogen-bond acceptors (Lipinski definition) is 8. The predicted octanol–water partition coefficient (Wildman–Crippen LogP) is 5.61. The van der Waals surface area contributed by atoms with Gasteiger partial charge in [-0.2, -0.15) is 9.41 Å². The lowest BCUT2D eigenvalue weighted by Gasteiger charge is -2.31. The normalized spacial score (nSPS) is 15.0. The average molecular weight is 563 g/mol. The lowest BCUT2D eigenvalue weighted by molar-refractivity contribution is 0.273. The molecule has 1 saturated heterocycles. The van der Waals surface area contributed by atoms with E-state index in [0.717, 1.165) is 36.1 Å². The first-order valence-corrected chi connectivity index (χ1v) is 15.0. The molecule has 0 aliphatic carbocycles. The molecule has 0 unspecified atom stereocenters. The number of rotatable bonds is 9. The first-order chi connectivity index (χ1) is 18.9. The van der Waals surface area contributed by atoms with Crippen LogP contribution in [0.3, 0.4) is 0 Å². The molecule has 0 spiro atoms. The molecular formula is C29H30N4O4S2. The van der Waals surface area contributed by atoms with Gasteiger partial charge in [0, 0.05) is 24.0 Å². The number of thiazole rings is 1. The Morgan fingerprint density at radius 3 is 2.56 bits per heavy atom. The highest BCUT2D eigenvalue weighted by molar-refractivity contribution is 7.89. The fourth-order valence-electron chi connectivity index (χ4n) is 4.64. The van der Waals surface area contributed by atoms with Crippen molar-refractivity contribution < 1.29 is 18.3 Å². The highest BCUT2D eigenvalue weighted by atomic mass is 32.2. The van der Waals surface area contributed by atoms with Crippen LogP contribution in [0.1, 0.15) is 24.0 Å². The van der Waals surface area contributed by atoms with E-state index in [1.165, 1.54) is 24.0 Å². The number of ether oxygens (including phenoxy) is 1. The summed E-state index contributed by atoms with van der Waals surface area (Å²) in [7, 11) is -2.05. The van der Waals surface area contributed by atoms with Gasteiger partial charge in [0.05, 0.1) is 23.9 Å². The fraction of sp³-hybridized carbons (Fsp3) is 0.241. The van der Waals surface area contributed by atoms with Crippen molar-refractivity contribution in [2.45, 2.75) is 24.2 Å². The smallest absolute Gasteiger partial charge is 0.243 e. The molecule has 4 aromatic rings. The number of anilines is 1. The van der Waals surface area contributed by atoms with Crippen LogP contribution in [0.4, 0.5) is 5.13 Å². The van der Waals surface area contributed by atoms with Gasteiger partial charge in [0.25, 0.3) is 0 Å².